The third-order valence-corrected chi connectivity index (χ3v) is 2.85. The number of carbonyl (C=O) groups excluding carboxylic acids is 1. The van der Waals surface area contributed by atoms with Crippen molar-refractivity contribution in [2.75, 3.05) is 0 Å². The first-order valence-corrected chi connectivity index (χ1v) is 5.67. The second-order valence-corrected chi connectivity index (χ2v) is 4.41. The van der Waals surface area contributed by atoms with E-state index in [2.05, 4.69) is 34.8 Å². The molecule has 0 amide bonds. The normalized spacial score (nSPS) is 11.3. The van der Waals surface area contributed by atoms with Gasteiger partial charge in [-0.05, 0) is 30.5 Å². The minimum atomic E-state index is 0.331. The molecule has 0 N–H and O–H groups in total. The standard InChI is InChI=1S/C12H14BrNO/c1-4-14-12-9(7-15)5-6-10(13)11(12)8(2)3/h4-8H,1-3H3. The van der Waals surface area contributed by atoms with Crippen molar-refractivity contribution < 1.29 is 4.79 Å². The maximum Gasteiger partial charge on any atom is 0.152 e. The van der Waals surface area contributed by atoms with Gasteiger partial charge in [0.1, 0.15) is 0 Å². The minimum Gasteiger partial charge on any atom is -0.298 e. The van der Waals surface area contributed by atoms with Gasteiger partial charge in [0.15, 0.2) is 6.29 Å². The summed E-state index contributed by atoms with van der Waals surface area (Å²) in [6, 6.07) is 3.68. The molecule has 0 spiro atoms. The molecule has 0 fully saturated rings. The van der Waals surface area contributed by atoms with Crippen LogP contribution in [0.4, 0.5) is 5.69 Å². The summed E-state index contributed by atoms with van der Waals surface area (Å²) in [5.74, 6) is 0.331. The predicted octanol–water partition coefficient (Wildman–Crippen LogP) is 4.11. The highest BCUT2D eigenvalue weighted by Crippen LogP contribution is 2.35. The largest absolute Gasteiger partial charge is 0.298 e. The zero-order valence-corrected chi connectivity index (χ0v) is 10.7. The van der Waals surface area contributed by atoms with Crippen LogP contribution in [-0.4, -0.2) is 12.5 Å². The van der Waals surface area contributed by atoms with Gasteiger partial charge < -0.3 is 0 Å². The van der Waals surface area contributed by atoms with Crippen LogP contribution in [0.3, 0.4) is 0 Å². The van der Waals surface area contributed by atoms with Crippen molar-refractivity contribution in [3.63, 3.8) is 0 Å². The van der Waals surface area contributed by atoms with E-state index in [1.54, 1.807) is 12.3 Å². The number of hydrogen-bond donors (Lipinski definition) is 0. The molecule has 0 saturated carbocycles. The highest BCUT2D eigenvalue weighted by molar-refractivity contribution is 9.10. The van der Waals surface area contributed by atoms with E-state index < -0.39 is 0 Å². The Bertz CT molecular complexity index is 397. The molecule has 0 bridgehead atoms. The van der Waals surface area contributed by atoms with Crippen molar-refractivity contribution in [1.29, 1.82) is 0 Å². The zero-order valence-electron chi connectivity index (χ0n) is 9.12. The quantitative estimate of drug-likeness (QED) is 0.599. The van der Waals surface area contributed by atoms with Crippen LogP contribution in [0.2, 0.25) is 0 Å². The smallest absolute Gasteiger partial charge is 0.152 e. The van der Waals surface area contributed by atoms with Gasteiger partial charge in [0.05, 0.1) is 5.69 Å². The van der Waals surface area contributed by atoms with Crippen molar-refractivity contribution in [3.8, 4) is 0 Å². The Morgan fingerprint density at radius 2 is 2.07 bits per heavy atom. The Morgan fingerprint density at radius 1 is 1.40 bits per heavy atom. The van der Waals surface area contributed by atoms with Gasteiger partial charge in [0.2, 0.25) is 0 Å². The SMILES string of the molecule is CC=Nc1c(C=O)ccc(Br)c1C(C)C. The molecule has 3 heteroatoms. The van der Waals surface area contributed by atoms with Crippen LogP contribution in [0.1, 0.15) is 42.6 Å². The van der Waals surface area contributed by atoms with E-state index in [4.69, 9.17) is 0 Å². The molecule has 2 nitrogen and oxygen atoms in total. The second-order valence-electron chi connectivity index (χ2n) is 3.56. The van der Waals surface area contributed by atoms with Gasteiger partial charge in [-0.1, -0.05) is 29.8 Å². The summed E-state index contributed by atoms with van der Waals surface area (Å²) in [5, 5.41) is 0. The zero-order chi connectivity index (χ0) is 11.4. The molecule has 0 saturated heterocycles. The summed E-state index contributed by atoms with van der Waals surface area (Å²) in [6.07, 6.45) is 2.56. The molecule has 0 aliphatic carbocycles. The van der Waals surface area contributed by atoms with E-state index in [9.17, 15) is 4.79 Å². The van der Waals surface area contributed by atoms with Crippen LogP contribution in [0, 0.1) is 0 Å². The highest BCUT2D eigenvalue weighted by Gasteiger charge is 2.13. The van der Waals surface area contributed by atoms with Crippen LogP contribution < -0.4 is 0 Å². The average molecular weight is 268 g/mol. The molecule has 0 atom stereocenters. The summed E-state index contributed by atoms with van der Waals surface area (Å²) < 4.78 is 1.00. The van der Waals surface area contributed by atoms with Gasteiger partial charge >= 0.3 is 0 Å². The summed E-state index contributed by atoms with van der Waals surface area (Å²) in [4.78, 5) is 15.2. The van der Waals surface area contributed by atoms with Crippen LogP contribution in [0.5, 0.6) is 0 Å². The van der Waals surface area contributed by atoms with E-state index in [1.807, 2.05) is 13.0 Å². The maximum absolute atomic E-state index is 10.9. The van der Waals surface area contributed by atoms with Crippen molar-refractivity contribution in [2.24, 2.45) is 4.99 Å². The third-order valence-electron chi connectivity index (χ3n) is 2.16. The van der Waals surface area contributed by atoms with Gasteiger partial charge in [-0.25, -0.2) is 0 Å². The Hall–Kier alpha value is -0.960. The molecule has 0 aliphatic heterocycles. The second kappa shape index (κ2) is 5.21. The lowest BCUT2D eigenvalue weighted by Crippen LogP contribution is -1.94. The van der Waals surface area contributed by atoms with Crippen molar-refractivity contribution in [2.45, 2.75) is 26.7 Å². The van der Waals surface area contributed by atoms with E-state index in [-0.39, 0.29) is 0 Å². The summed E-state index contributed by atoms with van der Waals surface area (Å²) in [7, 11) is 0. The van der Waals surface area contributed by atoms with Crippen LogP contribution >= 0.6 is 15.9 Å². The lowest BCUT2D eigenvalue weighted by atomic mass is 9.98. The topological polar surface area (TPSA) is 29.4 Å². The molecule has 0 heterocycles. The summed E-state index contributed by atoms with van der Waals surface area (Å²) in [5.41, 5.74) is 2.49. The fourth-order valence-corrected chi connectivity index (χ4v) is 2.30. The molecule has 1 aromatic carbocycles. The molecule has 15 heavy (non-hydrogen) atoms. The molecule has 0 unspecified atom stereocenters. The van der Waals surface area contributed by atoms with Gasteiger partial charge in [-0.15, -0.1) is 0 Å². The van der Waals surface area contributed by atoms with E-state index >= 15 is 0 Å². The summed E-state index contributed by atoms with van der Waals surface area (Å²) in [6.45, 7) is 6.02. The van der Waals surface area contributed by atoms with E-state index in [0.29, 0.717) is 11.5 Å². The number of hydrogen-bond acceptors (Lipinski definition) is 2. The Balaban J connectivity index is 3.50. The average Bonchev–Trinajstić information content (AvgIpc) is 2.18. The first kappa shape index (κ1) is 12.1. The Morgan fingerprint density at radius 3 is 2.53 bits per heavy atom. The number of benzene rings is 1. The number of rotatable bonds is 3. The van der Waals surface area contributed by atoms with Crippen molar-refractivity contribution in [1.82, 2.24) is 0 Å². The van der Waals surface area contributed by atoms with Crippen LogP contribution in [0.15, 0.2) is 21.6 Å². The van der Waals surface area contributed by atoms with Gasteiger partial charge in [-0.3, -0.25) is 9.79 Å². The predicted molar refractivity (Wildman–Crippen MR) is 67.4 cm³/mol. The van der Waals surface area contributed by atoms with E-state index in [1.165, 1.54) is 0 Å². The number of aliphatic imine (C=N–C) groups is 1. The number of nitrogens with zero attached hydrogens (tertiary/aromatic N) is 1. The molecular formula is C12H14BrNO. The number of aldehydes is 1. The van der Waals surface area contributed by atoms with Gasteiger partial charge in [-0.2, -0.15) is 0 Å². The van der Waals surface area contributed by atoms with Crippen LogP contribution in [-0.2, 0) is 0 Å². The fraction of sp³-hybridized carbons (Fsp3) is 0.333. The van der Waals surface area contributed by atoms with Gasteiger partial charge in [0.25, 0.3) is 0 Å². The number of carbonyl (C=O) groups is 1. The molecule has 0 aromatic heterocycles. The summed E-state index contributed by atoms with van der Waals surface area (Å²) >= 11 is 3.49. The molecule has 80 valence electrons. The molecule has 0 aliphatic rings. The first-order valence-electron chi connectivity index (χ1n) is 4.88. The first-order chi connectivity index (χ1) is 7.11. The van der Waals surface area contributed by atoms with Crippen molar-refractivity contribution >= 4 is 34.1 Å². The minimum absolute atomic E-state index is 0.331. The van der Waals surface area contributed by atoms with Crippen LogP contribution in [0.25, 0.3) is 0 Å². The molecule has 0 radical (unpaired) electrons. The Labute approximate surface area is 98.5 Å². The fourth-order valence-electron chi connectivity index (χ4n) is 1.52. The van der Waals surface area contributed by atoms with E-state index in [0.717, 1.165) is 22.0 Å². The monoisotopic (exact) mass is 267 g/mol. The maximum atomic E-state index is 10.9. The molecular weight excluding hydrogens is 254 g/mol. The molecule has 1 rings (SSSR count). The number of halogens is 1. The highest BCUT2D eigenvalue weighted by atomic mass is 79.9. The van der Waals surface area contributed by atoms with Gasteiger partial charge in [0, 0.05) is 16.3 Å². The Kier molecular flexibility index (Phi) is 4.21. The molecule has 1 aromatic rings. The lowest BCUT2D eigenvalue weighted by molar-refractivity contribution is 0.112. The lowest BCUT2D eigenvalue weighted by Gasteiger charge is -2.13. The third kappa shape index (κ3) is 2.53. The van der Waals surface area contributed by atoms with Crippen molar-refractivity contribution in [3.05, 3.63) is 27.7 Å².